The number of aromatic amines is 1. The normalized spacial score (nSPS) is 17.1. The van der Waals surface area contributed by atoms with Gasteiger partial charge in [0, 0.05) is 35.8 Å². The predicted octanol–water partition coefficient (Wildman–Crippen LogP) is 5.05. The lowest BCUT2D eigenvalue weighted by Gasteiger charge is -2.34. The molecule has 1 aliphatic rings. The number of thiazole rings is 1. The molecule has 1 aliphatic heterocycles. The third-order valence-corrected chi connectivity index (χ3v) is 6.60. The van der Waals surface area contributed by atoms with Crippen molar-refractivity contribution in [3.05, 3.63) is 69.3 Å². The van der Waals surface area contributed by atoms with Gasteiger partial charge in [-0.2, -0.15) is 0 Å². The van der Waals surface area contributed by atoms with Crippen molar-refractivity contribution in [2.24, 2.45) is 0 Å². The van der Waals surface area contributed by atoms with E-state index >= 15 is 0 Å². The summed E-state index contributed by atoms with van der Waals surface area (Å²) >= 11 is 1.63. The number of para-hydroxylation sites is 1. The number of fused-ring (bicyclic) bond motifs is 2. The molecule has 1 N–H and O–H groups in total. The minimum Gasteiger partial charge on any atom is -0.360 e. The second kappa shape index (κ2) is 6.97. The van der Waals surface area contributed by atoms with Crippen LogP contribution in [0.15, 0.2) is 48.7 Å². The molecule has 7 nitrogen and oxygen atoms in total. The van der Waals surface area contributed by atoms with Crippen molar-refractivity contribution in [3.63, 3.8) is 0 Å². The maximum absolute atomic E-state index is 13.5. The van der Waals surface area contributed by atoms with Crippen LogP contribution in [-0.2, 0) is 0 Å². The summed E-state index contributed by atoms with van der Waals surface area (Å²) in [5.41, 5.74) is 2.12. The van der Waals surface area contributed by atoms with Gasteiger partial charge < -0.3 is 9.88 Å². The number of benzene rings is 2. The fraction of sp³-hybridized carbons (Fsp3) is 0.238. The molecule has 0 radical (unpaired) electrons. The van der Waals surface area contributed by atoms with Crippen LogP contribution in [0.4, 0.5) is 5.69 Å². The number of rotatable bonds is 3. The van der Waals surface area contributed by atoms with Gasteiger partial charge in [-0.15, -0.1) is 11.3 Å². The van der Waals surface area contributed by atoms with Crippen molar-refractivity contribution < 1.29 is 9.72 Å². The number of amides is 1. The second-order valence-corrected chi connectivity index (χ2v) is 8.28. The quantitative estimate of drug-likeness (QED) is 0.380. The minimum atomic E-state index is -0.439. The molecule has 0 bridgehead atoms. The highest BCUT2D eigenvalue weighted by atomic mass is 32.1. The number of carbonyl (C=O) groups is 1. The van der Waals surface area contributed by atoms with Crippen molar-refractivity contribution in [2.45, 2.75) is 25.3 Å². The standard InChI is InChI=1S/C21H18N4O3S/c26-21(15-12-22-16-9-8-13(25(27)28)11-14(15)16)24-10-4-3-6-18(24)20-23-17-5-1-2-7-19(17)29-20/h1-2,5,7-9,11-12,18,22H,3-4,6,10H2. The van der Waals surface area contributed by atoms with E-state index in [0.29, 0.717) is 23.0 Å². The number of piperidine rings is 1. The Balaban J connectivity index is 1.54. The highest BCUT2D eigenvalue weighted by molar-refractivity contribution is 7.18. The number of nitrogens with one attached hydrogen (secondary N) is 1. The zero-order chi connectivity index (χ0) is 20.0. The molecule has 1 fully saturated rings. The first-order valence-corrected chi connectivity index (χ1v) is 10.4. The van der Waals surface area contributed by atoms with E-state index in [2.05, 4.69) is 4.98 Å². The largest absolute Gasteiger partial charge is 0.360 e. The van der Waals surface area contributed by atoms with Gasteiger partial charge in [-0.25, -0.2) is 4.98 Å². The zero-order valence-corrected chi connectivity index (χ0v) is 16.3. The topological polar surface area (TPSA) is 92.1 Å². The van der Waals surface area contributed by atoms with Crippen molar-refractivity contribution in [1.29, 1.82) is 0 Å². The van der Waals surface area contributed by atoms with E-state index in [1.54, 1.807) is 23.6 Å². The Kier molecular flexibility index (Phi) is 4.28. The molecule has 146 valence electrons. The lowest BCUT2D eigenvalue weighted by Crippen LogP contribution is -2.38. The van der Waals surface area contributed by atoms with Crippen LogP contribution in [0.5, 0.6) is 0 Å². The smallest absolute Gasteiger partial charge is 0.270 e. The first kappa shape index (κ1) is 17.8. The van der Waals surface area contributed by atoms with E-state index in [1.165, 1.54) is 12.1 Å². The molecular weight excluding hydrogens is 388 g/mol. The Morgan fingerprint density at radius 1 is 1.24 bits per heavy atom. The monoisotopic (exact) mass is 406 g/mol. The summed E-state index contributed by atoms with van der Waals surface area (Å²) in [5.74, 6) is -0.110. The van der Waals surface area contributed by atoms with Crippen LogP contribution in [0, 0.1) is 10.1 Å². The van der Waals surface area contributed by atoms with Crippen molar-refractivity contribution in [1.82, 2.24) is 14.9 Å². The molecule has 0 aliphatic carbocycles. The van der Waals surface area contributed by atoms with Gasteiger partial charge in [0.1, 0.15) is 5.01 Å². The van der Waals surface area contributed by atoms with Crippen LogP contribution in [0.3, 0.4) is 0 Å². The third kappa shape index (κ3) is 3.05. The number of nitro benzene ring substituents is 1. The molecule has 0 spiro atoms. The Labute approximate surface area is 170 Å². The molecule has 1 saturated heterocycles. The van der Waals surface area contributed by atoms with Crippen molar-refractivity contribution >= 4 is 44.1 Å². The fourth-order valence-electron chi connectivity index (χ4n) is 4.02. The Hall–Kier alpha value is -3.26. The molecule has 3 heterocycles. The Bertz CT molecular complexity index is 1210. The number of non-ortho nitro benzene ring substituents is 1. The van der Waals surface area contributed by atoms with Gasteiger partial charge in [-0.05, 0) is 37.5 Å². The molecule has 1 atom stereocenters. The molecule has 1 unspecified atom stereocenters. The Morgan fingerprint density at radius 3 is 2.93 bits per heavy atom. The van der Waals surface area contributed by atoms with E-state index in [1.807, 2.05) is 29.2 Å². The van der Waals surface area contributed by atoms with Gasteiger partial charge in [0.25, 0.3) is 11.6 Å². The summed E-state index contributed by atoms with van der Waals surface area (Å²) in [4.78, 5) is 33.9. The summed E-state index contributed by atoms with van der Waals surface area (Å²) in [6.45, 7) is 0.654. The van der Waals surface area contributed by atoms with Crippen LogP contribution < -0.4 is 0 Å². The van der Waals surface area contributed by atoms with Crippen LogP contribution in [-0.4, -0.2) is 32.2 Å². The van der Waals surface area contributed by atoms with Crippen molar-refractivity contribution in [2.75, 3.05) is 6.54 Å². The number of nitro groups is 1. The predicted molar refractivity (Wildman–Crippen MR) is 112 cm³/mol. The SMILES string of the molecule is O=C(c1c[nH]c2ccc([N+](=O)[O-])cc12)N1CCCCC1c1nc2ccccc2s1. The van der Waals surface area contributed by atoms with Crippen LogP contribution >= 0.6 is 11.3 Å². The number of carbonyl (C=O) groups excluding carboxylic acids is 1. The number of hydrogen-bond acceptors (Lipinski definition) is 5. The highest BCUT2D eigenvalue weighted by Gasteiger charge is 2.32. The minimum absolute atomic E-state index is 0.0208. The molecule has 8 heteroatoms. The van der Waals surface area contributed by atoms with Gasteiger partial charge in [-0.3, -0.25) is 14.9 Å². The van der Waals surface area contributed by atoms with Gasteiger partial charge in [-0.1, -0.05) is 12.1 Å². The molecule has 2 aromatic carbocycles. The Morgan fingerprint density at radius 2 is 2.10 bits per heavy atom. The van der Waals surface area contributed by atoms with Gasteiger partial charge in [0.2, 0.25) is 0 Å². The van der Waals surface area contributed by atoms with E-state index in [4.69, 9.17) is 4.98 Å². The number of H-pyrrole nitrogens is 1. The van der Waals surface area contributed by atoms with E-state index in [-0.39, 0.29) is 17.6 Å². The number of nitrogens with zero attached hydrogens (tertiary/aromatic N) is 3. The summed E-state index contributed by atoms with van der Waals surface area (Å²) in [6.07, 6.45) is 4.51. The molecule has 1 amide bonds. The summed E-state index contributed by atoms with van der Waals surface area (Å²) in [7, 11) is 0. The lowest BCUT2D eigenvalue weighted by molar-refractivity contribution is -0.384. The lowest BCUT2D eigenvalue weighted by atomic mass is 10.0. The zero-order valence-electron chi connectivity index (χ0n) is 15.5. The summed E-state index contributed by atoms with van der Waals surface area (Å²) in [6, 6.07) is 12.5. The van der Waals surface area contributed by atoms with Crippen molar-refractivity contribution in [3.8, 4) is 0 Å². The van der Waals surface area contributed by atoms with Crippen LogP contribution in [0.2, 0.25) is 0 Å². The van der Waals surface area contributed by atoms with E-state index < -0.39 is 4.92 Å². The number of likely N-dealkylation sites (tertiary alicyclic amines) is 1. The maximum Gasteiger partial charge on any atom is 0.270 e. The summed E-state index contributed by atoms with van der Waals surface area (Å²) in [5, 5.41) is 12.7. The first-order chi connectivity index (χ1) is 14.1. The molecule has 0 saturated carbocycles. The van der Waals surface area contributed by atoms with Gasteiger partial charge in [0.05, 0.1) is 26.7 Å². The number of hydrogen-bond donors (Lipinski definition) is 1. The van der Waals surface area contributed by atoms with Crippen LogP contribution in [0.25, 0.3) is 21.1 Å². The van der Waals surface area contributed by atoms with E-state index in [9.17, 15) is 14.9 Å². The highest BCUT2D eigenvalue weighted by Crippen LogP contribution is 2.37. The molecule has 4 aromatic rings. The van der Waals surface area contributed by atoms with Gasteiger partial charge in [0.15, 0.2) is 0 Å². The third-order valence-electron chi connectivity index (χ3n) is 5.47. The molecule has 5 rings (SSSR count). The second-order valence-electron chi connectivity index (χ2n) is 7.22. The molecule has 2 aromatic heterocycles. The van der Waals surface area contributed by atoms with E-state index in [0.717, 1.165) is 34.5 Å². The maximum atomic E-state index is 13.5. The first-order valence-electron chi connectivity index (χ1n) is 9.54. The summed E-state index contributed by atoms with van der Waals surface area (Å²) < 4.78 is 1.11. The van der Waals surface area contributed by atoms with Gasteiger partial charge >= 0.3 is 0 Å². The van der Waals surface area contributed by atoms with Crippen LogP contribution in [0.1, 0.15) is 40.7 Å². The fourth-order valence-corrected chi connectivity index (χ4v) is 5.13. The molecule has 29 heavy (non-hydrogen) atoms. The average Bonchev–Trinajstić information content (AvgIpc) is 3.36. The number of aromatic nitrogens is 2. The average molecular weight is 406 g/mol. The molecular formula is C21H18N4O3S.